The van der Waals surface area contributed by atoms with Crippen LogP contribution >= 0.6 is 23.2 Å². The predicted molar refractivity (Wildman–Crippen MR) is 122 cm³/mol. The van der Waals surface area contributed by atoms with E-state index in [1.165, 1.54) is 32.4 Å². The van der Waals surface area contributed by atoms with Crippen molar-refractivity contribution in [3.8, 4) is 0 Å². The van der Waals surface area contributed by atoms with Crippen LogP contribution in [-0.2, 0) is 0 Å². The van der Waals surface area contributed by atoms with Crippen molar-refractivity contribution in [1.29, 1.82) is 0 Å². The van der Waals surface area contributed by atoms with Crippen LogP contribution in [0.2, 0.25) is 10.0 Å². The zero-order valence-electron chi connectivity index (χ0n) is 17.3. The zero-order chi connectivity index (χ0) is 20.8. The highest BCUT2D eigenvalue weighted by Gasteiger charge is 2.18. The minimum Gasteiger partial charge on any atom is -0.351 e. The summed E-state index contributed by atoms with van der Waals surface area (Å²) in [4.78, 5) is 15.3. The number of rotatable bonds is 7. The summed E-state index contributed by atoms with van der Waals surface area (Å²) in [5, 5.41) is 4.26. The molecule has 1 aliphatic heterocycles. The average Bonchev–Trinajstić information content (AvgIpc) is 2.70. The van der Waals surface area contributed by atoms with Gasteiger partial charge in [-0.15, -0.1) is 0 Å². The van der Waals surface area contributed by atoms with Gasteiger partial charge in [-0.2, -0.15) is 0 Å². The van der Waals surface area contributed by atoms with Gasteiger partial charge in [-0.25, -0.2) is 0 Å². The Morgan fingerprint density at radius 1 is 1.00 bits per heavy atom. The van der Waals surface area contributed by atoms with Crippen molar-refractivity contribution in [1.82, 2.24) is 10.2 Å². The van der Waals surface area contributed by atoms with Gasteiger partial charge in [0.25, 0.3) is 5.91 Å². The maximum atomic E-state index is 12.7. The van der Waals surface area contributed by atoms with Crippen molar-refractivity contribution >= 4 is 29.1 Å². The van der Waals surface area contributed by atoms with Crippen molar-refractivity contribution in [2.45, 2.75) is 45.4 Å². The lowest BCUT2D eigenvalue weighted by molar-refractivity contribution is 0.0949. The molecule has 156 valence electrons. The van der Waals surface area contributed by atoms with Crippen LogP contribution in [0.3, 0.4) is 0 Å². The van der Waals surface area contributed by atoms with Crippen LogP contribution in [0.15, 0.2) is 36.4 Å². The molecule has 1 unspecified atom stereocenters. The van der Waals surface area contributed by atoms with E-state index in [9.17, 15) is 4.79 Å². The molecule has 0 spiro atoms. The smallest absolute Gasteiger partial charge is 0.251 e. The SMILES string of the molecule is Cc1cc(C)cc(C(=O)NCC(CCN2CCCCC2)c2ccc(Cl)c(Cl)c2)c1. The number of carbonyl (C=O) groups is 1. The van der Waals surface area contributed by atoms with Gasteiger partial charge in [0, 0.05) is 18.0 Å². The lowest BCUT2D eigenvalue weighted by Crippen LogP contribution is -2.34. The molecule has 1 aliphatic rings. The van der Waals surface area contributed by atoms with Crippen molar-refractivity contribution in [2.75, 3.05) is 26.2 Å². The minimum atomic E-state index is -0.0279. The third-order valence-corrected chi connectivity index (χ3v) is 6.39. The van der Waals surface area contributed by atoms with E-state index in [0.717, 1.165) is 29.7 Å². The number of nitrogens with one attached hydrogen (secondary N) is 1. The number of hydrogen-bond donors (Lipinski definition) is 1. The lowest BCUT2D eigenvalue weighted by Gasteiger charge is -2.28. The molecule has 0 radical (unpaired) electrons. The van der Waals surface area contributed by atoms with Crippen molar-refractivity contribution in [2.24, 2.45) is 0 Å². The quantitative estimate of drug-likeness (QED) is 0.581. The summed E-state index contributed by atoms with van der Waals surface area (Å²) < 4.78 is 0. The highest BCUT2D eigenvalue weighted by molar-refractivity contribution is 6.42. The zero-order valence-corrected chi connectivity index (χ0v) is 18.8. The topological polar surface area (TPSA) is 32.3 Å². The van der Waals surface area contributed by atoms with E-state index < -0.39 is 0 Å². The molecule has 1 N–H and O–H groups in total. The summed E-state index contributed by atoms with van der Waals surface area (Å²) in [7, 11) is 0. The molecule has 3 nitrogen and oxygen atoms in total. The largest absolute Gasteiger partial charge is 0.351 e. The third kappa shape index (κ3) is 6.47. The molecule has 5 heteroatoms. The van der Waals surface area contributed by atoms with Crippen molar-refractivity contribution in [3.05, 3.63) is 68.7 Å². The second-order valence-corrected chi connectivity index (χ2v) is 8.96. The molecule has 0 aliphatic carbocycles. The molecule has 1 heterocycles. The van der Waals surface area contributed by atoms with Crippen LogP contribution in [0.25, 0.3) is 0 Å². The molecule has 0 bridgehead atoms. The molecule has 2 aromatic rings. The summed E-state index contributed by atoms with van der Waals surface area (Å²) in [6, 6.07) is 11.8. The summed E-state index contributed by atoms with van der Waals surface area (Å²) in [5.74, 6) is 0.168. The number of halogens is 2. The fourth-order valence-corrected chi connectivity index (χ4v) is 4.40. The number of nitrogens with zero attached hydrogens (tertiary/aromatic N) is 1. The Bertz CT molecular complexity index is 827. The molecule has 0 saturated carbocycles. The van der Waals surface area contributed by atoms with E-state index in [2.05, 4.69) is 16.3 Å². The van der Waals surface area contributed by atoms with Crippen LogP contribution in [0.1, 0.15) is 58.6 Å². The fourth-order valence-electron chi connectivity index (χ4n) is 4.10. The van der Waals surface area contributed by atoms with Gasteiger partial charge < -0.3 is 10.2 Å². The number of carbonyl (C=O) groups excluding carboxylic acids is 1. The van der Waals surface area contributed by atoms with Crippen molar-refractivity contribution < 1.29 is 4.79 Å². The lowest BCUT2D eigenvalue weighted by atomic mass is 9.94. The molecule has 2 aromatic carbocycles. The molecule has 0 aromatic heterocycles. The molecular formula is C24H30Cl2N2O. The van der Waals surface area contributed by atoms with E-state index in [4.69, 9.17) is 23.2 Å². The molecular weight excluding hydrogens is 403 g/mol. The number of benzene rings is 2. The Hall–Kier alpha value is -1.55. The van der Waals surface area contributed by atoms with Gasteiger partial charge in [0.1, 0.15) is 0 Å². The van der Waals surface area contributed by atoms with Gasteiger partial charge in [-0.1, -0.05) is 52.9 Å². The number of amides is 1. The first-order valence-electron chi connectivity index (χ1n) is 10.5. The monoisotopic (exact) mass is 432 g/mol. The molecule has 1 fully saturated rings. The van der Waals surface area contributed by atoms with Gasteiger partial charge in [-0.05, 0) is 82.6 Å². The van der Waals surface area contributed by atoms with Gasteiger partial charge in [0.15, 0.2) is 0 Å². The molecule has 1 amide bonds. The molecule has 3 rings (SSSR count). The van der Waals surface area contributed by atoms with Gasteiger partial charge >= 0.3 is 0 Å². The molecule has 1 atom stereocenters. The first kappa shape index (κ1) is 22.1. The van der Waals surface area contributed by atoms with Crippen LogP contribution in [0.5, 0.6) is 0 Å². The Kier molecular flexibility index (Phi) is 7.99. The van der Waals surface area contributed by atoms with Crippen LogP contribution < -0.4 is 5.32 Å². The van der Waals surface area contributed by atoms with Gasteiger partial charge in [0.05, 0.1) is 10.0 Å². The Labute approximate surface area is 184 Å². The van der Waals surface area contributed by atoms with Crippen LogP contribution in [0, 0.1) is 13.8 Å². The normalized spacial score (nSPS) is 15.9. The number of likely N-dealkylation sites (tertiary alicyclic amines) is 1. The van der Waals surface area contributed by atoms with Gasteiger partial charge in [0.2, 0.25) is 0 Å². The third-order valence-electron chi connectivity index (χ3n) is 5.65. The summed E-state index contributed by atoms with van der Waals surface area (Å²) in [6.07, 6.45) is 4.87. The standard InChI is InChI=1S/C24H30Cl2N2O/c1-17-12-18(2)14-21(13-17)24(29)27-16-20(8-11-28-9-4-3-5-10-28)19-6-7-22(25)23(26)15-19/h6-7,12-15,20H,3-5,8-11,16H2,1-2H3,(H,27,29). The summed E-state index contributed by atoms with van der Waals surface area (Å²) in [6.45, 7) is 7.98. The highest BCUT2D eigenvalue weighted by atomic mass is 35.5. The number of piperidine rings is 1. The van der Waals surface area contributed by atoms with E-state index in [1.807, 2.05) is 44.2 Å². The summed E-state index contributed by atoms with van der Waals surface area (Å²) >= 11 is 12.4. The number of aryl methyl sites for hydroxylation is 2. The van der Waals surface area contributed by atoms with E-state index in [-0.39, 0.29) is 11.8 Å². The highest BCUT2D eigenvalue weighted by Crippen LogP contribution is 2.28. The first-order chi connectivity index (χ1) is 13.9. The minimum absolute atomic E-state index is 0.0279. The number of hydrogen-bond acceptors (Lipinski definition) is 2. The maximum Gasteiger partial charge on any atom is 0.251 e. The van der Waals surface area contributed by atoms with E-state index in [1.54, 1.807) is 0 Å². The Morgan fingerprint density at radius 3 is 2.34 bits per heavy atom. The van der Waals surface area contributed by atoms with Crippen LogP contribution in [0.4, 0.5) is 0 Å². The average molecular weight is 433 g/mol. The second-order valence-electron chi connectivity index (χ2n) is 8.15. The van der Waals surface area contributed by atoms with Crippen LogP contribution in [-0.4, -0.2) is 37.0 Å². The maximum absolute atomic E-state index is 12.7. The molecule has 29 heavy (non-hydrogen) atoms. The van der Waals surface area contributed by atoms with Gasteiger partial charge in [-0.3, -0.25) is 4.79 Å². The summed E-state index contributed by atoms with van der Waals surface area (Å²) in [5.41, 5.74) is 4.03. The first-order valence-corrected chi connectivity index (χ1v) is 11.2. The fraction of sp³-hybridized carbons (Fsp3) is 0.458. The Balaban J connectivity index is 1.69. The Morgan fingerprint density at radius 2 is 1.69 bits per heavy atom. The van der Waals surface area contributed by atoms with E-state index >= 15 is 0 Å². The van der Waals surface area contributed by atoms with Crippen molar-refractivity contribution in [3.63, 3.8) is 0 Å². The second kappa shape index (κ2) is 10.5. The molecule has 1 saturated heterocycles. The predicted octanol–water partition coefficient (Wildman–Crippen LogP) is 6.00. The van der Waals surface area contributed by atoms with E-state index in [0.29, 0.717) is 22.2 Å².